The van der Waals surface area contributed by atoms with Crippen LogP contribution in [0, 0.1) is 0 Å². The number of ether oxygens (including phenoxy) is 2. The molecule has 94 valence electrons. The minimum atomic E-state index is 0.547. The SMILES string of the molecule is CCc1c(CNOC)cc2c(c1Cl)OCCO2. The second kappa shape index (κ2) is 5.58. The third kappa shape index (κ3) is 2.49. The standard InChI is InChI=1S/C12H16ClNO3/c1-3-9-8(7-14-15-2)6-10-12(11(9)13)17-5-4-16-10/h6,14H,3-5,7H2,1-2H3. The Labute approximate surface area is 106 Å². The molecule has 0 atom stereocenters. The molecule has 0 radical (unpaired) electrons. The number of benzene rings is 1. The van der Waals surface area contributed by atoms with Gasteiger partial charge in [0.2, 0.25) is 0 Å². The average molecular weight is 258 g/mol. The zero-order valence-corrected chi connectivity index (χ0v) is 10.8. The van der Waals surface area contributed by atoms with Crippen LogP contribution in [0.5, 0.6) is 11.5 Å². The topological polar surface area (TPSA) is 39.7 Å². The molecule has 0 unspecified atom stereocenters. The van der Waals surface area contributed by atoms with Gasteiger partial charge in [-0.1, -0.05) is 18.5 Å². The molecule has 1 aliphatic rings. The fraction of sp³-hybridized carbons (Fsp3) is 0.500. The Kier molecular flexibility index (Phi) is 4.10. The number of hydrogen-bond donors (Lipinski definition) is 1. The molecule has 0 bridgehead atoms. The van der Waals surface area contributed by atoms with E-state index in [2.05, 4.69) is 12.4 Å². The van der Waals surface area contributed by atoms with Gasteiger partial charge in [0.25, 0.3) is 0 Å². The van der Waals surface area contributed by atoms with E-state index in [1.165, 1.54) is 0 Å². The molecule has 4 nitrogen and oxygen atoms in total. The van der Waals surface area contributed by atoms with E-state index in [4.69, 9.17) is 25.9 Å². The summed E-state index contributed by atoms with van der Waals surface area (Å²) in [5.41, 5.74) is 4.96. The Morgan fingerprint density at radius 1 is 1.41 bits per heavy atom. The summed E-state index contributed by atoms with van der Waals surface area (Å²) in [4.78, 5) is 4.86. The first-order chi connectivity index (χ1) is 8.27. The predicted octanol–water partition coefficient (Wildman–Crippen LogP) is 2.32. The molecule has 0 spiro atoms. The molecule has 17 heavy (non-hydrogen) atoms. The summed E-state index contributed by atoms with van der Waals surface area (Å²) >= 11 is 6.34. The highest BCUT2D eigenvalue weighted by Crippen LogP contribution is 2.41. The quantitative estimate of drug-likeness (QED) is 0.841. The first-order valence-corrected chi connectivity index (χ1v) is 6.01. The monoisotopic (exact) mass is 257 g/mol. The van der Waals surface area contributed by atoms with Crippen molar-refractivity contribution in [3.63, 3.8) is 0 Å². The van der Waals surface area contributed by atoms with Crippen LogP contribution in [0.25, 0.3) is 0 Å². The Bertz CT molecular complexity index is 409. The molecular formula is C12H16ClNO3. The van der Waals surface area contributed by atoms with E-state index in [1.54, 1.807) is 7.11 Å². The summed E-state index contributed by atoms with van der Waals surface area (Å²) in [5, 5.41) is 0.651. The van der Waals surface area contributed by atoms with Gasteiger partial charge >= 0.3 is 0 Å². The highest BCUT2D eigenvalue weighted by atomic mass is 35.5. The minimum absolute atomic E-state index is 0.547. The molecule has 0 aliphatic carbocycles. The van der Waals surface area contributed by atoms with Crippen molar-refractivity contribution in [1.82, 2.24) is 5.48 Å². The zero-order chi connectivity index (χ0) is 12.3. The summed E-state index contributed by atoms with van der Waals surface area (Å²) < 4.78 is 11.1. The molecule has 0 aromatic heterocycles. The van der Waals surface area contributed by atoms with Gasteiger partial charge in [-0.3, -0.25) is 0 Å². The molecule has 1 aliphatic heterocycles. The van der Waals surface area contributed by atoms with Gasteiger partial charge in [0.1, 0.15) is 13.2 Å². The molecule has 0 saturated carbocycles. The summed E-state index contributed by atoms with van der Waals surface area (Å²) in [6, 6.07) is 1.96. The molecule has 1 aromatic rings. The molecule has 1 N–H and O–H groups in total. The summed E-state index contributed by atoms with van der Waals surface area (Å²) in [5.74, 6) is 1.38. The van der Waals surface area contributed by atoms with Gasteiger partial charge in [-0.15, -0.1) is 0 Å². The summed E-state index contributed by atoms with van der Waals surface area (Å²) in [6.45, 7) is 3.76. The van der Waals surface area contributed by atoms with Crippen LogP contribution in [0.3, 0.4) is 0 Å². The second-order valence-corrected chi connectivity index (χ2v) is 4.11. The van der Waals surface area contributed by atoms with Gasteiger partial charge in [0.05, 0.1) is 12.1 Å². The largest absolute Gasteiger partial charge is 0.486 e. The number of nitrogens with one attached hydrogen (secondary N) is 1. The number of fused-ring (bicyclic) bond motifs is 1. The fourth-order valence-electron chi connectivity index (χ4n) is 1.92. The second-order valence-electron chi connectivity index (χ2n) is 3.73. The van der Waals surface area contributed by atoms with Gasteiger partial charge in [0, 0.05) is 6.54 Å². The van der Waals surface area contributed by atoms with Crippen molar-refractivity contribution in [1.29, 1.82) is 0 Å². The normalized spacial score (nSPS) is 13.8. The lowest BCUT2D eigenvalue weighted by molar-refractivity contribution is 0.0863. The van der Waals surface area contributed by atoms with Crippen LogP contribution in [0.2, 0.25) is 5.02 Å². The highest BCUT2D eigenvalue weighted by Gasteiger charge is 2.20. The Hall–Kier alpha value is -0.970. The van der Waals surface area contributed by atoms with Crippen molar-refractivity contribution in [3.05, 3.63) is 22.2 Å². The molecule has 0 amide bonds. The van der Waals surface area contributed by atoms with Crippen molar-refractivity contribution in [2.24, 2.45) is 0 Å². The zero-order valence-electron chi connectivity index (χ0n) is 10.0. The highest BCUT2D eigenvalue weighted by molar-refractivity contribution is 6.33. The smallest absolute Gasteiger partial charge is 0.180 e. The van der Waals surface area contributed by atoms with Gasteiger partial charge in [-0.05, 0) is 23.6 Å². The average Bonchev–Trinajstić information content (AvgIpc) is 2.36. The van der Waals surface area contributed by atoms with Crippen molar-refractivity contribution in [2.45, 2.75) is 19.9 Å². The van der Waals surface area contributed by atoms with E-state index in [0.29, 0.717) is 36.3 Å². The minimum Gasteiger partial charge on any atom is -0.486 e. The van der Waals surface area contributed by atoms with Crippen LogP contribution in [-0.2, 0) is 17.8 Å². The van der Waals surface area contributed by atoms with E-state index in [1.807, 2.05) is 6.07 Å². The molecule has 5 heteroatoms. The number of hydroxylamine groups is 1. The molecular weight excluding hydrogens is 242 g/mol. The molecule has 2 rings (SSSR count). The molecule has 1 heterocycles. The summed E-state index contributed by atoms with van der Waals surface area (Å²) in [7, 11) is 1.59. The molecule has 0 fully saturated rings. The van der Waals surface area contributed by atoms with Crippen LogP contribution in [0.4, 0.5) is 0 Å². The maximum Gasteiger partial charge on any atom is 0.180 e. The van der Waals surface area contributed by atoms with E-state index in [0.717, 1.165) is 17.5 Å². The van der Waals surface area contributed by atoms with Crippen molar-refractivity contribution in [2.75, 3.05) is 20.3 Å². The fourth-order valence-corrected chi connectivity index (χ4v) is 2.33. The third-order valence-corrected chi connectivity index (χ3v) is 3.13. The number of halogens is 1. The van der Waals surface area contributed by atoms with Crippen LogP contribution < -0.4 is 15.0 Å². The predicted molar refractivity (Wildman–Crippen MR) is 65.7 cm³/mol. The number of rotatable bonds is 4. The lowest BCUT2D eigenvalue weighted by Gasteiger charge is -2.22. The van der Waals surface area contributed by atoms with Gasteiger partial charge in [0.15, 0.2) is 11.5 Å². The summed E-state index contributed by atoms with van der Waals surface area (Å²) in [6.07, 6.45) is 0.843. The van der Waals surface area contributed by atoms with E-state index in [9.17, 15) is 0 Å². The van der Waals surface area contributed by atoms with Crippen LogP contribution in [-0.4, -0.2) is 20.3 Å². The van der Waals surface area contributed by atoms with Crippen LogP contribution in [0.1, 0.15) is 18.1 Å². The van der Waals surface area contributed by atoms with Gasteiger partial charge < -0.3 is 14.3 Å². The van der Waals surface area contributed by atoms with Gasteiger partial charge in [-0.2, -0.15) is 5.48 Å². The lowest BCUT2D eigenvalue weighted by atomic mass is 10.0. The Morgan fingerprint density at radius 2 is 2.18 bits per heavy atom. The van der Waals surface area contributed by atoms with E-state index < -0.39 is 0 Å². The molecule has 1 aromatic carbocycles. The maximum atomic E-state index is 6.34. The third-order valence-electron chi connectivity index (χ3n) is 2.73. The first kappa shape index (κ1) is 12.5. The Morgan fingerprint density at radius 3 is 2.88 bits per heavy atom. The molecule has 0 saturated heterocycles. The van der Waals surface area contributed by atoms with Crippen LogP contribution >= 0.6 is 11.6 Å². The van der Waals surface area contributed by atoms with Crippen LogP contribution in [0.15, 0.2) is 6.07 Å². The Balaban J connectivity index is 2.40. The van der Waals surface area contributed by atoms with Crippen molar-refractivity contribution >= 4 is 11.6 Å². The first-order valence-electron chi connectivity index (χ1n) is 5.63. The maximum absolute atomic E-state index is 6.34. The van der Waals surface area contributed by atoms with E-state index >= 15 is 0 Å². The van der Waals surface area contributed by atoms with E-state index in [-0.39, 0.29) is 0 Å². The van der Waals surface area contributed by atoms with Crippen molar-refractivity contribution < 1.29 is 14.3 Å². The van der Waals surface area contributed by atoms with Gasteiger partial charge in [-0.25, -0.2) is 0 Å². The lowest BCUT2D eigenvalue weighted by Crippen LogP contribution is -2.18. The number of hydrogen-bond acceptors (Lipinski definition) is 4. The van der Waals surface area contributed by atoms with Crippen molar-refractivity contribution in [3.8, 4) is 11.5 Å².